The highest BCUT2D eigenvalue weighted by Crippen LogP contribution is 2.01. The summed E-state index contributed by atoms with van der Waals surface area (Å²) in [4.78, 5) is 14.0. The zero-order valence-electron chi connectivity index (χ0n) is 10.2. The number of allylic oxidation sites excluding steroid dienone is 1. The second-order valence-electron chi connectivity index (χ2n) is 3.43. The molecule has 0 fully saturated rings. The molecule has 0 aromatic heterocycles. The minimum Gasteiger partial charge on any atom is -0.460 e. The van der Waals surface area contributed by atoms with Gasteiger partial charge in [0.05, 0.1) is 13.2 Å². The van der Waals surface area contributed by atoms with Crippen LogP contribution in [0.5, 0.6) is 0 Å². The Labute approximate surface area is 101 Å². The van der Waals surface area contributed by atoms with Crippen molar-refractivity contribution in [3.05, 3.63) is 23.1 Å². The van der Waals surface area contributed by atoms with Gasteiger partial charge >= 0.3 is 5.97 Å². The first-order valence-electron chi connectivity index (χ1n) is 5.63. The average molecular weight is 241 g/mol. The first-order valence-corrected chi connectivity index (χ1v) is 5.63. The van der Waals surface area contributed by atoms with Crippen molar-refractivity contribution < 1.29 is 14.3 Å². The molecule has 0 spiro atoms. The smallest absolute Gasteiger partial charge is 0.306 e. The summed E-state index contributed by atoms with van der Waals surface area (Å²) < 4.78 is 10.4. The van der Waals surface area contributed by atoms with Crippen LogP contribution in [0.15, 0.2) is 17.8 Å². The van der Waals surface area contributed by atoms with Gasteiger partial charge in [-0.3, -0.25) is 4.79 Å². The van der Waals surface area contributed by atoms with Crippen molar-refractivity contribution in [1.82, 2.24) is 0 Å². The van der Waals surface area contributed by atoms with Gasteiger partial charge in [0.2, 0.25) is 0 Å². The first-order chi connectivity index (χ1) is 8.24. The summed E-state index contributed by atoms with van der Waals surface area (Å²) in [5.74, 6) is -0.330. The Morgan fingerprint density at radius 1 is 1.65 bits per heavy atom. The van der Waals surface area contributed by atoms with E-state index in [1.807, 2.05) is 6.92 Å². The average Bonchev–Trinajstić information content (AvgIpc) is 2.33. The third-order valence-electron chi connectivity index (χ3n) is 1.85. The highest BCUT2D eigenvalue weighted by molar-refractivity contribution is 5.69. The molecule has 0 aliphatic rings. The Kier molecular flexibility index (Phi) is 10.00. The van der Waals surface area contributed by atoms with Crippen LogP contribution in [0.25, 0.3) is 10.4 Å². The molecule has 0 aromatic rings. The molecule has 0 bridgehead atoms. The molecular formula is C11H19N3O3. The van der Waals surface area contributed by atoms with Crippen molar-refractivity contribution in [1.29, 1.82) is 0 Å². The molecule has 0 amide bonds. The Balaban J connectivity index is 4.02. The van der Waals surface area contributed by atoms with E-state index in [0.717, 1.165) is 6.42 Å². The van der Waals surface area contributed by atoms with Gasteiger partial charge in [0.25, 0.3) is 0 Å². The summed E-state index contributed by atoms with van der Waals surface area (Å²) in [5, 5.41) is 3.39. The fourth-order valence-electron chi connectivity index (χ4n) is 1.08. The topological polar surface area (TPSA) is 84.3 Å². The highest BCUT2D eigenvalue weighted by Gasteiger charge is 2.13. The maximum Gasteiger partial charge on any atom is 0.306 e. The van der Waals surface area contributed by atoms with Crippen LogP contribution in [-0.2, 0) is 14.3 Å². The number of hydrogen-bond donors (Lipinski definition) is 0. The SMILES string of the molecule is C=CCCC(=O)OC(CN=[N+]=[N-])COCCC. The monoisotopic (exact) mass is 241 g/mol. The number of carbonyl (C=O) groups is 1. The van der Waals surface area contributed by atoms with Crippen molar-refractivity contribution in [3.63, 3.8) is 0 Å². The number of azide groups is 1. The molecule has 0 heterocycles. The molecule has 0 saturated carbocycles. The summed E-state index contributed by atoms with van der Waals surface area (Å²) in [7, 11) is 0. The molecular weight excluding hydrogens is 222 g/mol. The lowest BCUT2D eigenvalue weighted by molar-refractivity contribution is -0.151. The lowest BCUT2D eigenvalue weighted by Crippen LogP contribution is -2.26. The van der Waals surface area contributed by atoms with Crippen LogP contribution in [-0.4, -0.2) is 31.8 Å². The van der Waals surface area contributed by atoms with Gasteiger partial charge in [-0.1, -0.05) is 18.1 Å². The number of ether oxygens (including phenoxy) is 2. The second kappa shape index (κ2) is 11.0. The summed E-state index contributed by atoms with van der Waals surface area (Å²) in [6.07, 6.45) is 2.89. The van der Waals surface area contributed by atoms with E-state index in [0.29, 0.717) is 13.0 Å². The maximum atomic E-state index is 11.3. The van der Waals surface area contributed by atoms with E-state index in [1.54, 1.807) is 6.08 Å². The van der Waals surface area contributed by atoms with Crippen LogP contribution >= 0.6 is 0 Å². The Hall–Kier alpha value is -1.52. The van der Waals surface area contributed by atoms with E-state index >= 15 is 0 Å². The van der Waals surface area contributed by atoms with Gasteiger partial charge in [-0.05, 0) is 18.4 Å². The molecule has 0 N–H and O–H groups in total. The van der Waals surface area contributed by atoms with Crippen LogP contribution in [0.4, 0.5) is 0 Å². The van der Waals surface area contributed by atoms with Crippen LogP contribution in [0.3, 0.4) is 0 Å². The largest absolute Gasteiger partial charge is 0.460 e. The third kappa shape index (κ3) is 9.41. The number of carbonyl (C=O) groups excluding carboxylic acids is 1. The van der Waals surface area contributed by atoms with E-state index in [-0.39, 0.29) is 25.5 Å². The van der Waals surface area contributed by atoms with Crippen molar-refractivity contribution in [2.45, 2.75) is 32.3 Å². The van der Waals surface area contributed by atoms with Gasteiger partial charge < -0.3 is 9.47 Å². The van der Waals surface area contributed by atoms with Crippen molar-refractivity contribution in [2.75, 3.05) is 19.8 Å². The van der Waals surface area contributed by atoms with Gasteiger partial charge in [0.1, 0.15) is 6.10 Å². The predicted molar refractivity (Wildman–Crippen MR) is 64.4 cm³/mol. The molecule has 6 heteroatoms. The molecule has 0 saturated heterocycles. The molecule has 1 atom stereocenters. The Morgan fingerprint density at radius 2 is 2.41 bits per heavy atom. The van der Waals surface area contributed by atoms with Gasteiger partial charge in [-0.2, -0.15) is 0 Å². The van der Waals surface area contributed by atoms with Crippen molar-refractivity contribution in [2.24, 2.45) is 5.11 Å². The fraction of sp³-hybridized carbons (Fsp3) is 0.727. The summed E-state index contributed by atoms with van der Waals surface area (Å²) >= 11 is 0. The Bertz CT molecular complexity index is 275. The molecule has 6 nitrogen and oxygen atoms in total. The quantitative estimate of drug-likeness (QED) is 0.147. The van der Waals surface area contributed by atoms with Crippen LogP contribution in [0.1, 0.15) is 26.2 Å². The van der Waals surface area contributed by atoms with Crippen molar-refractivity contribution in [3.8, 4) is 0 Å². The van der Waals surface area contributed by atoms with E-state index < -0.39 is 6.10 Å². The minimum absolute atomic E-state index is 0.0973. The molecule has 96 valence electrons. The standard InChI is InChI=1S/C11H19N3O3/c1-3-5-6-11(15)17-10(8-13-14-12)9-16-7-4-2/h3,10H,1,4-9H2,2H3. The highest BCUT2D eigenvalue weighted by atomic mass is 16.6. The predicted octanol–water partition coefficient (Wildman–Crippen LogP) is 2.60. The zero-order chi connectivity index (χ0) is 12.9. The van der Waals surface area contributed by atoms with Gasteiger partial charge in [-0.25, -0.2) is 0 Å². The molecule has 17 heavy (non-hydrogen) atoms. The molecule has 0 aliphatic heterocycles. The van der Waals surface area contributed by atoms with Crippen molar-refractivity contribution >= 4 is 5.97 Å². The summed E-state index contributed by atoms with van der Waals surface area (Å²) in [5.41, 5.74) is 8.23. The number of nitrogens with zero attached hydrogens (tertiary/aromatic N) is 3. The number of rotatable bonds is 10. The van der Waals surface area contributed by atoms with Crippen LogP contribution in [0, 0.1) is 0 Å². The Morgan fingerprint density at radius 3 is 3.00 bits per heavy atom. The zero-order valence-corrected chi connectivity index (χ0v) is 10.2. The molecule has 0 rings (SSSR count). The van der Waals surface area contributed by atoms with Gasteiger partial charge in [0, 0.05) is 17.9 Å². The van der Waals surface area contributed by atoms with E-state index in [9.17, 15) is 4.79 Å². The maximum absolute atomic E-state index is 11.3. The molecule has 0 aromatic carbocycles. The molecule has 1 unspecified atom stereocenters. The third-order valence-corrected chi connectivity index (χ3v) is 1.85. The first kappa shape index (κ1) is 15.5. The number of esters is 1. The van der Waals surface area contributed by atoms with Gasteiger partial charge in [-0.15, -0.1) is 6.58 Å². The van der Waals surface area contributed by atoms with E-state index in [2.05, 4.69) is 16.6 Å². The van der Waals surface area contributed by atoms with E-state index in [1.165, 1.54) is 0 Å². The van der Waals surface area contributed by atoms with E-state index in [4.69, 9.17) is 15.0 Å². The molecule has 0 aliphatic carbocycles. The normalized spacial score (nSPS) is 11.4. The van der Waals surface area contributed by atoms with Crippen LogP contribution < -0.4 is 0 Å². The fourth-order valence-corrected chi connectivity index (χ4v) is 1.08. The van der Waals surface area contributed by atoms with Gasteiger partial charge in [0.15, 0.2) is 0 Å². The summed E-state index contributed by atoms with van der Waals surface area (Å²) in [6, 6.07) is 0. The summed E-state index contributed by atoms with van der Waals surface area (Å²) in [6.45, 7) is 6.46. The number of hydrogen-bond acceptors (Lipinski definition) is 4. The second-order valence-corrected chi connectivity index (χ2v) is 3.43. The lowest BCUT2D eigenvalue weighted by Gasteiger charge is -2.15. The van der Waals surface area contributed by atoms with Crippen LogP contribution in [0.2, 0.25) is 0 Å². The molecule has 0 radical (unpaired) electrons. The lowest BCUT2D eigenvalue weighted by atomic mass is 10.3. The minimum atomic E-state index is -0.505.